The molecule has 0 spiro atoms. The van der Waals surface area contributed by atoms with E-state index in [4.69, 9.17) is 4.74 Å². The quantitative estimate of drug-likeness (QED) is 0.587. The molecule has 0 aromatic heterocycles. The normalized spacial score (nSPS) is 20.7. The van der Waals surface area contributed by atoms with Crippen LogP contribution in [0.4, 0.5) is 0 Å². The zero-order valence-electron chi connectivity index (χ0n) is 11.1. The van der Waals surface area contributed by atoms with Gasteiger partial charge in [0.15, 0.2) is 0 Å². The van der Waals surface area contributed by atoms with E-state index in [9.17, 15) is 0 Å². The van der Waals surface area contributed by atoms with Gasteiger partial charge >= 0.3 is 0 Å². The van der Waals surface area contributed by atoms with E-state index >= 15 is 0 Å². The minimum atomic E-state index is -0.154. The van der Waals surface area contributed by atoms with Crippen molar-refractivity contribution in [1.29, 1.82) is 0 Å². The Morgan fingerprint density at radius 3 is 1.40 bits per heavy atom. The van der Waals surface area contributed by atoms with Crippen LogP contribution in [-0.2, 0) is 4.74 Å². The summed E-state index contributed by atoms with van der Waals surface area (Å²) in [5.41, 5.74) is -0.307. The molecule has 0 rings (SSSR count). The van der Waals surface area contributed by atoms with Gasteiger partial charge in [0.05, 0.1) is 11.2 Å². The number of hydrogen-bond acceptors (Lipinski definition) is 1. The van der Waals surface area contributed by atoms with E-state index < -0.39 is 0 Å². The summed E-state index contributed by atoms with van der Waals surface area (Å²) in [6.07, 6.45) is 10.4. The summed E-state index contributed by atoms with van der Waals surface area (Å²) in [6, 6.07) is 0. The lowest BCUT2D eigenvalue weighted by Crippen LogP contribution is -2.37. The zero-order chi connectivity index (χ0) is 11.9. The molecule has 0 heterocycles. The van der Waals surface area contributed by atoms with Gasteiger partial charge in [-0.05, 0) is 40.5 Å². The predicted molar refractivity (Wildman–Crippen MR) is 68.1 cm³/mol. The molecule has 0 aliphatic heterocycles. The first-order chi connectivity index (χ1) is 6.95. The number of hydrogen-bond donors (Lipinski definition) is 0. The Hall–Kier alpha value is -0.560. The van der Waals surface area contributed by atoms with E-state index in [1.165, 1.54) is 0 Å². The molecule has 2 unspecified atom stereocenters. The van der Waals surface area contributed by atoms with Crippen LogP contribution in [0.25, 0.3) is 0 Å². The Morgan fingerprint density at radius 1 is 0.867 bits per heavy atom. The Bertz CT molecular complexity index is 205. The van der Waals surface area contributed by atoms with Crippen molar-refractivity contribution in [3.8, 4) is 0 Å². The molecule has 0 aromatic carbocycles. The third kappa shape index (κ3) is 4.65. The van der Waals surface area contributed by atoms with Gasteiger partial charge in [-0.3, -0.25) is 0 Å². The third-order valence-corrected chi connectivity index (χ3v) is 2.91. The molecule has 88 valence electrons. The molecule has 15 heavy (non-hydrogen) atoms. The summed E-state index contributed by atoms with van der Waals surface area (Å²) in [6.45, 7) is 12.7. The van der Waals surface area contributed by atoms with Gasteiger partial charge in [0.25, 0.3) is 0 Å². The highest BCUT2D eigenvalue weighted by Crippen LogP contribution is 2.28. The van der Waals surface area contributed by atoms with Crippen LogP contribution in [0.5, 0.6) is 0 Å². The molecule has 0 fully saturated rings. The Kier molecular flexibility index (Phi) is 5.89. The van der Waals surface area contributed by atoms with E-state index in [0.717, 1.165) is 12.8 Å². The number of ether oxygens (including phenoxy) is 1. The topological polar surface area (TPSA) is 9.23 Å². The average molecular weight is 210 g/mol. The van der Waals surface area contributed by atoms with Gasteiger partial charge in [-0.25, -0.2) is 0 Å². The molecule has 0 aliphatic rings. The monoisotopic (exact) mass is 210 g/mol. The summed E-state index contributed by atoms with van der Waals surface area (Å²) in [5, 5.41) is 0. The van der Waals surface area contributed by atoms with Gasteiger partial charge in [-0.1, -0.05) is 38.2 Å². The lowest BCUT2D eigenvalue weighted by Gasteiger charge is -2.36. The maximum absolute atomic E-state index is 6.23. The molecule has 0 amide bonds. The molecule has 0 aliphatic carbocycles. The highest BCUT2D eigenvalue weighted by Gasteiger charge is 2.29. The fourth-order valence-corrected chi connectivity index (χ4v) is 1.69. The first-order valence-corrected chi connectivity index (χ1v) is 5.93. The largest absolute Gasteiger partial charge is 0.361 e. The summed E-state index contributed by atoms with van der Waals surface area (Å²) in [4.78, 5) is 0. The lowest BCUT2D eigenvalue weighted by atomic mass is 9.97. The first kappa shape index (κ1) is 14.4. The van der Waals surface area contributed by atoms with Crippen molar-refractivity contribution < 1.29 is 4.74 Å². The first-order valence-electron chi connectivity index (χ1n) is 5.93. The van der Waals surface area contributed by atoms with Crippen molar-refractivity contribution in [3.05, 3.63) is 24.3 Å². The minimum absolute atomic E-state index is 0.154. The van der Waals surface area contributed by atoms with Crippen LogP contribution in [0.2, 0.25) is 0 Å². The van der Waals surface area contributed by atoms with Gasteiger partial charge in [-0.15, -0.1) is 0 Å². The van der Waals surface area contributed by atoms with Gasteiger partial charge in [0.2, 0.25) is 0 Å². The molecule has 0 aromatic rings. The van der Waals surface area contributed by atoms with Crippen LogP contribution in [-0.4, -0.2) is 11.2 Å². The van der Waals surface area contributed by atoms with Crippen molar-refractivity contribution in [3.63, 3.8) is 0 Å². The number of rotatable bonds is 6. The molecule has 1 heteroatoms. The fraction of sp³-hybridized carbons (Fsp3) is 0.714. The van der Waals surface area contributed by atoms with E-state index in [1.54, 1.807) is 0 Å². The second-order valence-electron chi connectivity index (χ2n) is 4.43. The van der Waals surface area contributed by atoms with Crippen LogP contribution in [0.15, 0.2) is 24.3 Å². The minimum Gasteiger partial charge on any atom is -0.361 e. The molecule has 0 saturated carbocycles. The second kappa shape index (κ2) is 6.12. The standard InChI is InChI=1S/C14H26O/c1-7-11-13(5,9-3)15-14(6,10-4)12-8-2/h7-8,11-12H,9-10H2,1-6H3. The summed E-state index contributed by atoms with van der Waals surface area (Å²) in [7, 11) is 0. The molecule has 0 radical (unpaired) electrons. The zero-order valence-corrected chi connectivity index (χ0v) is 11.1. The lowest BCUT2D eigenvalue weighted by molar-refractivity contribution is -0.0920. The van der Waals surface area contributed by atoms with E-state index in [-0.39, 0.29) is 11.2 Å². The van der Waals surface area contributed by atoms with Crippen LogP contribution < -0.4 is 0 Å². The van der Waals surface area contributed by atoms with Gasteiger partial charge < -0.3 is 4.74 Å². The third-order valence-electron chi connectivity index (χ3n) is 2.91. The Balaban J connectivity index is 4.78. The summed E-state index contributed by atoms with van der Waals surface area (Å²) >= 11 is 0. The van der Waals surface area contributed by atoms with Gasteiger partial charge in [0, 0.05) is 0 Å². The van der Waals surface area contributed by atoms with E-state index in [0.29, 0.717) is 0 Å². The van der Waals surface area contributed by atoms with Crippen LogP contribution in [0.3, 0.4) is 0 Å². The smallest absolute Gasteiger partial charge is 0.0843 e. The summed E-state index contributed by atoms with van der Waals surface area (Å²) in [5.74, 6) is 0. The van der Waals surface area contributed by atoms with Crippen LogP contribution in [0, 0.1) is 0 Å². The molecular formula is C14H26O. The second-order valence-corrected chi connectivity index (χ2v) is 4.43. The predicted octanol–water partition coefficient (Wildman–Crippen LogP) is 4.49. The molecular weight excluding hydrogens is 184 g/mol. The maximum Gasteiger partial charge on any atom is 0.0843 e. The van der Waals surface area contributed by atoms with Crippen molar-refractivity contribution in [2.45, 2.75) is 65.6 Å². The van der Waals surface area contributed by atoms with Crippen molar-refractivity contribution in [2.24, 2.45) is 0 Å². The molecule has 0 saturated heterocycles. The fourth-order valence-electron chi connectivity index (χ4n) is 1.69. The summed E-state index contributed by atoms with van der Waals surface area (Å²) < 4.78 is 6.23. The van der Waals surface area contributed by atoms with Crippen molar-refractivity contribution in [1.82, 2.24) is 0 Å². The van der Waals surface area contributed by atoms with Crippen LogP contribution >= 0.6 is 0 Å². The molecule has 1 nitrogen and oxygen atoms in total. The average Bonchev–Trinajstić information content (AvgIpc) is 2.18. The van der Waals surface area contributed by atoms with Crippen LogP contribution in [0.1, 0.15) is 54.4 Å². The van der Waals surface area contributed by atoms with Gasteiger partial charge in [0.1, 0.15) is 0 Å². The van der Waals surface area contributed by atoms with Gasteiger partial charge in [-0.2, -0.15) is 0 Å². The van der Waals surface area contributed by atoms with Crippen molar-refractivity contribution in [2.75, 3.05) is 0 Å². The van der Waals surface area contributed by atoms with Crippen molar-refractivity contribution >= 4 is 0 Å². The maximum atomic E-state index is 6.23. The molecule has 0 N–H and O–H groups in total. The molecule has 2 atom stereocenters. The number of allylic oxidation sites excluding steroid dienone is 2. The Labute approximate surface area is 95.2 Å². The Morgan fingerprint density at radius 2 is 1.20 bits per heavy atom. The SMILES string of the molecule is CC=CC(C)(CC)OC(C)(C=CC)CC. The highest BCUT2D eigenvalue weighted by molar-refractivity contribution is 5.04. The highest BCUT2D eigenvalue weighted by atomic mass is 16.5. The van der Waals surface area contributed by atoms with E-state index in [2.05, 4.69) is 52.0 Å². The van der Waals surface area contributed by atoms with E-state index in [1.807, 2.05) is 13.8 Å². The molecule has 0 bridgehead atoms.